The van der Waals surface area contributed by atoms with E-state index in [1.54, 1.807) is 18.2 Å². The zero-order chi connectivity index (χ0) is 22.3. The minimum atomic E-state index is -5.22. The zero-order valence-corrected chi connectivity index (χ0v) is 16.6. The predicted molar refractivity (Wildman–Crippen MR) is 107 cm³/mol. The molecule has 0 heterocycles. The topological polar surface area (TPSA) is 35.5 Å². The zero-order valence-electron chi connectivity index (χ0n) is 15.8. The van der Waals surface area contributed by atoms with E-state index in [0.717, 1.165) is 19.2 Å². The molecule has 0 N–H and O–H groups in total. The molecule has 0 aliphatic rings. The van der Waals surface area contributed by atoms with E-state index in [4.69, 9.17) is 4.18 Å². The van der Waals surface area contributed by atoms with Crippen LogP contribution in [-0.2, 0) is 15.3 Å². The molecule has 0 aliphatic carbocycles. The van der Waals surface area contributed by atoms with Crippen LogP contribution in [-0.4, -0.2) is 17.7 Å². The third-order valence-corrected chi connectivity index (χ3v) is 5.73. The third-order valence-electron chi connectivity index (χ3n) is 4.70. The first-order valence-electron chi connectivity index (χ1n) is 8.86. The highest BCUT2D eigenvalue weighted by atomic mass is 32.2. The molecule has 0 saturated carbocycles. The van der Waals surface area contributed by atoms with Crippen LogP contribution in [0.15, 0.2) is 65.6 Å². The van der Waals surface area contributed by atoms with Crippen molar-refractivity contribution in [3.05, 3.63) is 72.3 Å². The Hall–Kier alpha value is -3.04. The largest absolute Gasteiger partial charge is 0.573 e. The monoisotopic (exact) mass is 452 g/mol. The Kier molecular flexibility index (Phi) is 5.40. The van der Waals surface area contributed by atoms with E-state index < -0.39 is 39.7 Å². The lowest BCUT2D eigenvalue weighted by molar-refractivity contribution is -0.275. The van der Waals surface area contributed by atoms with Crippen molar-refractivity contribution in [2.24, 2.45) is 0 Å². The summed E-state index contributed by atoms with van der Waals surface area (Å²) in [6.07, 6.45) is -5.22. The number of ether oxygens (including phenoxy) is 1. The van der Waals surface area contributed by atoms with Gasteiger partial charge in [0.15, 0.2) is 22.6 Å². The van der Waals surface area contributed by atoms with Gasteiger partial charge in [0, 0.05) is 11.1 Å². The van der Waals surface area contributed by atoms with E-state index in [-0.39, 0.29) is 27.3 Å². The molecule has 4 aromatic rings. The van der Waals surface area contributed by atoms with Crippen LogP contribution in [0.4, 0.5) is 22.0 Å². The van der Waals surface area contributed by atoms with E-state index in [9.17, 15) is 21.8 Å². The Morgan fingerprint density at radius 1 is 0.806 bits per heavy atom. The van der Waals surface area contributed by atoms with Gasteiger partial charge in [-0.1, -0.05) is 48.5 Å². The number of hydrogen-bond donors (Lipinski definition) is 0. The number of halogens is 5. The Labute approximate surface area is 175 Å². The summed E-state index contributed by atoms with van der Waals surface area (Å²) < 4.78 is 90.9. The fourth-order valence-corrected chi connectivity index (χ4v) is 4.31. The molecular formula is C22H13F5O3S. The van der Waals surface area contributed by atoms with Crippen LogP contribution < -0.4 is 4.74 Å². The molecule has 0 spiro atoms. The van der Waals surface area contributed by atoms with Crippen molar-refractivity contribution < 1.29 is 35.1 Å². The van der Waals surface area contributed by atoms with Crippen molar-refractivity contribution in [3.63, 3.8) is 0 Å². The van der Waals surface area contributed by atoms with Crippen LogP contribution in [0.3, 0.4) is 0 Å². The highest BCUT2D eigenvalue weighted by Gasteiger charge is 2.36. The molecule has 0 amide bonds. The number of fused-ring (bicyclic) bond motifs is 2. The van der Waals surface area contributed by atoms with Crippen LogP contribution in [0.25, 0.3) is 32.7 Å². The smallest absolute Gasteiger partial charge is 0.402 e. The van der Waals surface area contributed by atoms with Crippen LogP contribution in [0.5, 0.6) is 5.75 Å². The maximum atomic E-state index is 15.0. The minimum absolute atomic E-state index is 0.160. The Balaban J connectivity index is 2.27. The molecule has 0 aromatic heterocycles. The fourth-order valence-electron chi connectivity index (χ4n) is 3.55. The highest BCUT2D eigenvalue weighted by Crippen LogP contribution is 2.47. The van der Waals surface area contributed by atoms with Gasteiger partial charge in [-0.3, -0.25) is 4.18 Å². The van der Waals surface area contributed by atoms with E-state index in [1.807, 2.05) is 0 Å². The van der Waals surface area contributed by atoms with Gasteiger partial charge in [-0.2, -0.15) is 0 Å². The van der Waals surface area contributed by atoms with Crippen LogP contribution in [0.2, 0.25) is 0 Å². The molecule has 0 aliphatic heterocycles. The van der Waals surface area contributed by atoms with Crippen molar-refractivity contribution in [1.29, 1.82) is 0 Å². The van der Waals surface area contributed by atoms with E-state index in [2.05, 4.69) is 4.74 Å². The molecule has 1 atom stereocenters. The summed E-state index contributed by atoms with van der Waals surface area (Å²) in [5.74, 6) is -3.41. The van der Waals surface area contributed by atoms with Crippen molar-refractivity contribution in [3.8, 4) is 16.9 Å². The van der Waals surface area contributed by atoms with Crippen molar-refractivity contribution in [2.45, 2.75) is 11.3 Å². The molecule has 4 aromatic carbocycles. The van der Waals surface area contributed by atoms with Gasteiger partial charge >= 0.3 is 6.36 Å². The van der Waals surface area contributed by atoms with Gasteiger partial charge in [0.25, 0.3) is 0 Å². The first-order chi connectivity index (χ1) is 14.7. The van der Waals surface area contributed by atoms with Crippen LogP contribution >= 0.6 is 0 Å². The summed E-state index contributed by atoms with van der Waals surface area (Å²) in [7, 11) is 1.06. The Morgan fingerprint density at radius 3 is 1.87 bits per heavy atom. The summed E-state index contributed by atoms with van der Waals surface area (Å²) in [6, 6.07) is 14.3. The van der Waals surface area contributed by atoms with Gasteiger partial charge in [0.2, 0.25) is 0 Å². The molecule has 9 heteroatoms. The molecule has 0 fully saturated rings. The Bertz CT molecular complexity index is 1330. The normalized spacial score (nSPS) is 13.0. The van der Waals surface area contributed by atoms with E-state index in [1.165, 1.54) is 30.3 Å². The second kappa shape index (κ2) is 7.90. The van der Waals surface area contributed by atoms with Crippen molar-refractivity contribution in [1.82, 2.24) is 0 Å². The molecular weight excluding hydrogens is 439 g/mol. The highest BCUT2D eigenvalue weighted by molar-refractivity contribution is 7.80. The maximum Gasteiger partial charge on any atom is 0.573 e. The average Bonchev–Trinajstić information content (AvgIpc) is 2.72. The second-order valence-corrected chi connectivity index (χ2v) is 7.73. The minimum Gasteiger partial charge on any atom is -0.402 e. The van der Waals surface area contributed by atoms with Gasteiger partial charge < -0.3 is 4.74 Å². The Morgan fingerprint density at radius 2 is 1.32 bits per heavy atom. The SMILES string of the molecule is COS(=O)c1c(F)cc2ccccc2c1-c1c(OC(F)(F)F)c(F)cc2ccccc12. The summed E-state index contributed by atoms with van der Waals surface area (Å²) in [4.78, 5) is -0.510. The molecule has 1 unspecified atom stereocenters. The molecule has 160 valence electrons. The van der Waals surface area contributed by atoms with Gasteiger partial charge in [0.1, 0.15) is 10.7 Å². The number of hydrogen-bond acceptors (Lipinski definition) is 3. The van der Waals surface area contributed by atoms with E-state index in [0.29, 0.717) is 5.39 Å². The lowest BCUT2D eigenvalue weighted by Crippen LogP contribution is -2.19. The quantitative estimate of drug-likeness (QED) is 0.332. The summed E-state index contributed by atoms with van der Waals surface area (Å²) in [6.45, 7) is 0. The first-order valence-corrected chi connectivity index (χ1v) is 9.93. The third kappa shape index (κ3) is 3.86. The molecule has 31 heavy (non-hydrogen) atoms. The molecule has 0 radical (unpaired) electrons. The van der Waals surface area contributed by atoms with Gasteiger partial charge in [0.05, 0.1) is 7.11 Å². The molecule has 4 rings (SSSR count). The number of alkyl halides is 3. The van der Waals surface area contributed by atoms with Crippen molar-refractivity contribution in [2.75, 3.05) is 7.11 Å². The first kappa shape index (κ1) is 21.2. The second-order valence-electron chi connectivity index (χ2n) is 6.52. The summed E-state index contributed by atoms with van der Waals surface area (Å²) in [5, 5.41) is 0.991. The van der Waals surface area contributed by atoms with Crippen molar-refractivity contribution >= 4 is 32.6 Å². The fraction of sp³-hybridized carbons (Fsp3) is 0.0909. The standard InChI is InChI=1S/C22H13F5O3S/c1-29-31(28)21-17(24)11-13-7-3-5-9-15(13)19(21)18-14-8-4-2-6-12(14)10-16(23)20(18)30-22(25,26)27/h2-11H,1H3. The number of benzene rings is 4. The number of rotatable bonds is 4. The summed E-state index contributed by atoms with van der Waals surface area (Å²) in [5.41, 5.74) is -0.574. The average molecular weight is 452 g/mol. The lowest BCUT2D eigenvalue weighted by atomic mass is 9.92. The maximum absolute atomic E-state index is 15.0. The molecule has 0 bridgehead atoms. The molecule has 3 nitrogen and oxygen atoms in total. The molecule has 0 saturated heterocycles. The van der Waals surface area contributed by atoms with Crippen LogP contribution in [0.1, 0.15) is 0 Å². The van der Waals surface area contributed by atoms with Crippen LogP contribution in [0, 0.1) is 11.6 Å². The van der Waals surface area contributed by atoms with Gasteiger partial charge in [-0.25, -0.2) is 13.0 Å². The predicted octanol–water partition coefficient (Wildman–Crippen LogP) is 6.51. The lowest BCUT2D eigenvalue weighted by Gasteiger charge is -2.20. The van der Waals surface area contributed by atoms with E-state index >= 15 is 4.39 Å². The van der Waals surface area contributed by atoms with Gasteiger partial charge in [-0.15, -0.1) is 13.2 Å². The van der Waals surface area contributed by atoms with Gasteiger partial charge in [-0.05, 0) is 33.7 Å². The summed E-state index contributed by atoms with van der Waals surface area (Å²) >= 11 is -2.39.